The molecule has 0 radical (unpaired) electrons. The second-order valence-electron chi connectivity index (χ2n) is 6.56. The Kier molecular flexibility index (Phi) is 4.39. The van der Waals surface area contributed by atoms with Gasteiger partial charge in [0.1, 0.15) is 12.8 Å². The Labute approximate surface area is 142 Å². The van der Waals surface area contributed by atoms with Crippen molar-refractivity contribution in [1.82, 2.24) is 4.90 Å². The summed E-state index contributed by atoms with van der Waals surface area (Å²) in [5.41, 5.74) is 2.38. The van der Waals surface area contributed by atoms with Crippen molar-refractivity contribution in [3.8, 4) is 11.5 Å². The van der Waals surface area contributed by atoms with E-state index in [0.717, 1.165) is 36.7 Å². The fraction of sp³-hybridized carbons (Fsp3) is 0.400. The van der Waals surface area contributed by atoms with Crippen LogP contribution in [0.5, 0.6) is 11.5 Å². The minimum Gasteiger partial charge on any atom is -0.485 e. The number of ether oxygens (including phenoxy) is 2. The highest BCUT2D eigenvalue weighted by Crippen LogP contribution is 2.35. The van der Waals surface area contributed by atoms with Crippen molar-refractivity contribution in [2.24, 2.45) is 0 Å². The molecule has 0 saturated carbocycles. The third-order valence-electron chi connectivity index (χ3n) is 4.78. The lowest BCUT2D eigenvalue weighted by Gasteiger charge is -2.29. The molecule has 2 aliphatic rings. The molecule has 0 aliphatic carbocycles. The Bertz CT molecular complexity index is 680. The molecule has 1 saturated heterocycles. The maximum Gasteiger partial charge on any atom is 0.162 e. The van der Waals surface area contributed by atoms with Gasteiger partial charge >= 0.3 is 0 Å². The van der Waals surface area contributed by atoms with Gasteiger partial charge in [-0.3, -0.25) is 4.90 Å². The maximum absolute atomic E-state index is 13.2. The SMILES string of the molecule is FC1CCN(Cc2ccc(C3COc4ccccc4O3)cc2)CC1. The van der Waals surface area contributed by atoms with E-state index in [1.807, 2.05) is 24.3 Å². The van der Waals surface area contributed by atoms with Crippen LogP contribution in [-0.4, -0.2) is 30.8 Å². The van der Waals surface area contributed by atoms with Gasteiger partial charge < -0.3 is 9.47 Å². The van der Waals surface area contributed by atoms with Crippen molar-refractivity contribution < 1.29 is 13.9 Å². The monoisotopic (exact) mass is 327 g/mol. The van der Waals surface area contributed by atoms with Gasteiger partial charge in [-0.15, -0.1) is 0 Å². The van der Waals surface area contributed by atoms with Crippen LogP contribution < -0.4 is 9.47 Å². The van der Waals surface area contributed by atoms with E-state index in [2.05, 4.69) is 29.2 Å². The standard InChI is InChI=1S/C20H22FNO2/c21-17-9-11-22(12-10-17)13-15-5-7-16(8-6-15)20-14-23-18-3-1-2-4-19(18)24-20/h1-8,17,20H,9-14H2. The van der Waals surface area contributed by atoms with Gasteiger partial charge in [0, 0.05) is 19.6 Å². The van der Waals surface area contributed by atoms with E-state index in [1.54, 1.807) is 0 Å². The summed E-state index contributed by atoms with van der Waals surface area (Å²) in [4.78, 5) is 2.32. The van der Waals surface area contributed by atoms with Crippen LogP contribution in [0.4, 0.5) is 4.39 Å². The van der Waals surface area contributed by atoms with Crippen molar-refractivity contribution in [2.45, 2.75) is 31.7 Å². The number of hydrogen-bond donors (Lipinski definition) is 0. The van der Waals surface area contributed by atoms with Crippen molar-refractivity contribution >= 4 is 0 Å². The minimum atomic E-state index is -0.616. The third kappa shape index (κ3) is 3.39. The molecule has 2 aromatic carbocycles. The molecule has 0 amide bonds. The third-order valence-corrected chi connectivity index (χ3v) is 4.78. The Balaban J connectivity index is 1.39. The average molecular weight is 327 g/mol. The van der Waals surface area contributed by atoms with E-state index in [9.17, 15) is 4.39 Å². The van der Waals surface area contributed by atoms with Crippen LogP contribution in [0.1, 0.15) is 30.1 Å². The number of benzene rings is 2. The molecule has 3 nitrogen and oxygen atoms in total. The first kappa shape index (κ1) is 15.5. The quantitative estimate of drug-likeness (QED) is 0.846. The Morgan fingerprint density at radius 3 is 2.42 bits per heavy atom. The topological polar surface area (TPSA) is 21.7 Å². The van der Waals surface area contributed by atoms with Gasteiger partial charge in [0.05, 0.1) is 0 Å². The van der Waals surface area contributed by atoms with Gasteiger partial charge in [-0.05, 0) is 36.1 Å². The van der Waals surface area contributed by atoms with E-state index in [0.29, 0.717) is 19.4 Å². The lowest BCUT2D eigenvalue weighted by Crippen LogP contribution is -2.33. The molecule has 4 rings (SSSR count). The molecule has 2 heterocycles. The second-order valence-corrected chi connectivity index (χ2v) is 6.56. The molecule has 24 heavy (non-hydrogen) atoms. The largest absolute Gasteiger partial charge is 0.485 e. The van der Waals surface area contributed by atoms with E-state index in [1.165, 1.54) is 5.56 Å². The molecule has 1 unspecified atom stereocenters. The molecular weight excluding hydrogens is 305 g/mol. The molecular formula is C20H22FNO2. The van der Waals surface area contributed by atoms with Crippen molar-refractivity contribution in [2.75, 3.05) is 19.7 Å². The van der Waals surface area contributed by atoms with Gasteiger partial charge in [0.2, 0.25) is 0 Å². The lowest BCUT2D eigenvalue weighted by molar-refractivity contribution is 0.0912. The van der Waals surface area contributed by atoms with Crippen LogP contribution in [0.25, 0.3) is 0 Å². The van der Waals surface area contributed by atoms with Crippen molar-refractivity contribution in [3.05, 3.63) is 59.7 Å². The number of piperidine rings is 1. The summed E-state index contributed by atoms with van der Waals surface area (Å²) in [6, 6.07) is 16.3. The smallest absolute Gasteiger partial charge is 0.162 e. The predicted molar refractivity (Wildman–Crippen MR) is 91.2 cm³/mol. The minimum absolute atomic E-state index is 0.0729. The first-order valence-electron chi connectivity index (χ1n) is 8.62. The molecule has 1 atom stereocenters. The van der Waals surface area contributed by atoms with Gasteiger partial charge in [-0.1, -0.05) is 36.4 Å². The number of halogens is 1. The molecule has 0 spiro atoms. The fourth-order valence-corrected chi connectivity index (χ4v) is 3.34. The van der Waals surface area contributed by atoms with Crippen LogP contribution in [-0.2, 0) is 6.54 Å². The zero-order valence-corrected chi connectivity index (χ0v) is 13.7. The van der Waals surface area contributed by atoms with Crippen molar-refractivity contribution in [1.29, 1.82) is 0 Å². The van der Waals surface area contributed by atoms with E-state index >= 15 is 0 Å². The Hall–Kier alpha value is -2.07. The highest BCUT2D eigenvalue weighted by Gasteiger charge is 2.22. The normalized spacial score (nSPS) is 21.6. The maximum atomic E-state index is 13.2. The van der Waals surface area contributed by atoms with Crippen LogP contribution >= 0.6 is 0 Å². The molecule has 1 fully saturated rings. The first-order chi connectivity index (χ1) is 11.8. The van der Waals surface area contributed by atoms with E-state index in [-0.39, 0.29) is 6.10 Å². The molecule has 2 aliphatic heterocycles. The zero-order valence-electron chi connectivity index (χ0n) is 13.7. The number of para-hydroxylation sites is 2. The van der Waals surface area contributed by atoms with Crippen LogP contribution in [0.15, 0.2) is 48.5 Å². The summed E-state index contributed by atoms with van der Waals surface area (Å²) < 4.78 is 25.0. The number of alkyl halides is 1. The molecule has 0 N–H and O–H groups in total. The highest BCUT2D eigenvalue weighted by molar-refractivity contribution is 5.41. The summed E-state index contributed by atoms with van der Waals surface area (Å²) >= 11 is 0. The predicted octanol–water partition coefficient (Wildman–Crippen LogP) is 4.13. The molecule has 0 bridgehead atoms. The summed E-state index contributed by atoms with van der Waals surface area (Å²) in [6.45, 7) is 3.11. The summed E-state index contributed by atoms with van der Waals surface area (Å²) in [6.07, 6.45) is 0.626. The van der Waals surface area contributed by atoms with Crippen molar-refractivity contribution in [3.63, 3.8) is 0 Å². The van der Waals surface area contributed by atoms with Crippen LogP contribution in [0.2, 0.25) is 0 Å². The average Bonchev–Trinajstić information content (AvgIpc) is 2.64. The first-order valence-corrected chi connectivity index (χ1v) is 8.62. The number of nitrogens with zero attached hydrogens (tertiary/aromatic N) is 1. The summed E-state index contributed by atoms with van der Waals surface area (Å²) in [5, 5.41) is 0. The fourth-order valence-electron chi connectivity index (χ4n) is 3.34. The number of rotatable bonds is 3. The van der Waals surface area contributed by atoms with E-state index in [4.69, 9.17) is 9.47 Å². The number of hydrogen-bond acceptors (Lipinski definition) is 3. The van der Waals surface area contributed by atoms with E-state index < -0.39 is 6.17 Å². The van der Waals surface area contributed by atoms with Gasteiger partial charge in [0.25, 0.3) is 0 Å². The molecule has 2 aromatic rings. The lowest BCUT2D eigenvalue weighted by atomic mass is 10.0. The summed E-state index contributed by atoms with van der Waals surface area (Å²) in [5.74, 6) is 1.61. The van der Waals surface area contributed by atoms with Gasteiger partial charge in [-0.25, -0.2) is 4.39 Å². The summed E-state index contributed by atoms with van der Waals surface area (Å²) in [7, 11) is 0. The highest BCUT2D eigenvalue weighted by atomic mass is 19.1. The van der Waals surface area contributed by atoms with Gasteiger partial charge in [-0.2, -0.15) is 0 Å². The number of fused-ring (bicyclic) bond motifs is 1. The van der Waals surface area contributed by atoms with Crippen LogP contribution in [0.3, 0.4) is 0 Å². The second kappa shape index (κ2) is 6.81. The molecule has 4 heteroatoms. The molecule has 126 valence electrons. The Morgan fingerprint density at radius 2 is 1.67 bits per heavy atom. The molecule has 0 aromatic heterocycles. The van der Waals surface area contributed by atoms with Gasteiger partial charge in [0.15, 0.2) is 17.6 Å². The zero-order chi connectivity index (χ0) is 16.4. The van der Waals surface area contributed by atoms with Crippen LogP contribution in [0, 0.1) is 0 Å². The Morgan fingerprint density at radius 1 is 0.958 bits per heavy atom. The number of likely N-dealkylation sites (tertiary alicyclic amines) is 1.